The molecule has 1 aliphatic heterocycles. The molecule has 0 radical (unpaired) electrons. The van der Waals surface area contributed by atoms with Crippen molar-refractivity contribution in [2.45, 2.75) is 38.1 Å². The highest BCUT2D eigenvalue weighted by Crippen LogP contribution is 2.15. The lowest BCUT2D eigenvalue weighted by Gasteiger charge is -2.25. The summed E-state index contributed by atoms with van der Waals surface area (Å²) in [5, 5.41) is 9.06. The monoisotopic (exact) mass is 244 g/mol. The molecular weight excluding hydrogens is 220 g/mol. The number of carboxylic acids is 1. The first kappa shape index (κ1) is 14.4. The summed E-state index contributed by atoms with van der Waals surface area (Å²) in [6, 6.07) is 0. The Morgan fingerprint density at radius 1 is 1.47 bits per heavy atom. The molecule has 5 nitrogen and oxygen atoms in total. The van der Waals surface area contributed by atoms with Crippen LogP contribution < -0.4 is 5.73 Å². The molecule has 100 valence electrons. The molecule has 1 heterocycles. The van der Waals surface area contributed by atoms with Gasteiger partial charge in [-0.2, -0.15) is 0 Å². The van der Waals surface area contributed by atoms with Crippen molar-refractivity contribution in [3.8, 4) is 0 Å². The van der Waals surface area contributed by atoms with E-state index in [1.807, 2.05) is 6.92 Å². The molecule has 17 heavy (non-hydrogen) atoms. The number of ether oxygens (including phenoxy) is 1. The number of nitrogens with zero attached hydrogens (tertiary/aromatic N) is 1. The van der Waals surface area contributed by atoms with Gasteiger partial charge in [-0.25, -0.2) is 0 Å². The van der Waals surface area contributed by atoms with Crippen LogP contribution in [0.15, 0.2) is 0 Å². The third-order valence-corrected chi connectivity index (χ3v) is 3.47. The summed E-state index contributed by atoms with van der Waals surface area (Å²) < 4.78 is 5.37. The van der Waals surface area contributed by atoms with Crippen LogP contribution in [0, 0.1) is 0 Å². The summed E-state index contributed by atoms with van der Waals surface area (Å²) >= 11 is 0. The lowest BCUT2D eigenvalue weighted by molar-refractivity contribution is -0.143. The van der Waals surface area contributed by atoms with E-state index in [2.05, 4.69) is 4.90 Å². The first-order valence-corrected chi connectivity index (χ1v) is 6.41. The molecule has 0 bridgehead atoms. The Hall–Kier alpha value is -0.650. The SMILES string of the molecule is CCC(N)(CCCN1CCCOCC1)C(=O)O. The van der Waals surface area contributed by atoms with Crippen LogP contribution in [0.2, 0.25) is 0 Å². The van der Waals surface area contributed by atoms with Crippen molar-refractivity contribution < 1.29 is 14.6 Å². The molecule has 0 aromatic rings. The molecule has 1 saturated heterocycles. The zero-order valence-electron chi connectivity index (χ0n) is 10.7. The Bertz CT molecular complexity index is 240. The molecule has 0 saturated carbocycles. The van der Waals surface area contributed by atoms with Gasteiger partial charge in [0.1, 0.15) is 5.54 Å². The number of nitrogens with two attached hydrogens (primary N) is 1. The summed E-state index contributed by atoms with van der Waals surface area (Å²) in [5.41, 5.74) is 4.79. The smallest absolute Gasteiger partial charge is 0.323 e. The number of hydrogen-bond donors (Lipinski definition) is 2. The minimum atomic E-state index is -1.05. The Balaban J connectivity index is 2.28. The molecule has 0 aromatic heterocycles. The largest absolute Gasteiger partial charge is 0.480 e. The van der Waals surface area contributed by atoms with E-state index < -0.39 is 11.5 Å². The second-order valence-corrected chi connectivity index (χ2v) is 4.73. The van der Waals surface area contributed by atoms with E-state index in [1.165, 1.54) is 0 Å². The summed E-state index contributed by atoms with van der Waals surface area (Å²) in [5.74, 6) is -0.890. The highest BCUT2D eigenvalue weighted by molar-refractivity contribution is 5.78. The van der Waals surface area contributed by atoms with E-state index in [4.69, 9.17) is 15.6 Å². The number of hydrogen-bond acceptors (Lipinski definition) is 4. The van der Waals surface area contributed by atoms with Crippen LogP contribution in [0.25, 0.3) is 0 Å². The highest BCUT2D eigenvalue weighted by Gasteiger charge is 2.31. The Morgan fingerprint density at radius 2 is 2.24 bits per heavy atom. The molecule has 0 aromatic carbocycles. The first-order chi connectivity index (χ1) is 8.08. The molecule has 1 fully saturated rings. The quantitative estimate of drug-likeness (QED) is 0.718. The number of carbonyl (C=O) groups is 1. The van der Waals surface area contributed by atoms with Gasteiger partial charge in [0.2, 0.25) is 0 Å². The van der Waals surface area contributed by atoms with Crippen molar-refractivity contribution in [3.63, 3.8) is 0 Å². The number of carboxylic acid groups (broad SMARTS) is 1. The molecule has 1 aliphatic rings. The minimum Gasteiger partial charge on any atom is -0.480 e. The fraction of sp³-hybridized carbons (Fsp3) is 0.917. The van der Waals surface area contributed by atoms with Gasteiger partial charge in [0.15, 0.2) is 0 Å². The third-order valence-electron chi connectivity index (χ3n) is 3.47. The lowest BCUT2D eigenvalue weighted by atomic mass is 9.92. The number of rotatable bonds is 6. The van der Waals surface area contributed by atoms with Crippen molar-refractivity contribution in [3.05, 3.63) is 0 Å². The van der Waals surface area contributed by atoms with Crippen molar-refractivity contribution in [2.24, 2.45) is 5.73 Å². The van der Waals surface area contributed by atoms with Gasteiger partial charge in [0.05, 0.1) is 6.61 Å². The molecule has 0 spiro atoms. The zero-order valence-corrected chi connectivity index (χ0v) is 10.7. The molecule has 1 rings (SSSR count). The van der Waals surface area contributed by atoms with Gasteiger partial charge in [0.25, 0.3) is 0 Å². The summed E-state index contributed by atoms with van der Waals surface area (Å²) in [6.07, 6.45) is 2.90. The standard InChI is InChI=1S/C12H24N2O3/c1-2-12(13,11(15)16)5-3-6-14-7-4-9-17-10-8-14/h2-10,13H2,1H3,(H,15,16). The van der Waals surface area contributed by atoms with Crippen molar-refractivity contribution >= 4 is 5.97 Å². The maximum atomic E-state index is 11.0. The van der Waals surface area contributed by atoms with E-state index in [0.717, 1.165) is 45.7 Å². The lowest BCUT2D eigenvalue weighted by Crippen LogP contribution is -2.47. The molecule has 3 N–H and O–H groups in total. The average molecular weight is 244 g/mol. The third kappa shape index (κ3) is 4.61. The molecular formula is C12H24N2O3. The van der Waals surface area contributed by atoms with Crippen LogP contribution >= 0.6 is 0 Å². The molecule has 0 amide bonds. The van der Waals surface area contributed by atoms with Crippen LogP contribution in [0.3, 0.4) is 0 Å². The summed E-state index contributed by atoms with van der Waals surface area (Å²) in [6.45, 7) is 6.33. The van der Waals surface area contributed by atoms with E-state index in [0.29, 0.717) is 12.8 Å². The van der Waals surface area contributed by atoms with Gasteiger partial charge in [0, 0.05) is 19.7 Å². The van der Waals surface area contributed by atoms with Gasteiger partial charge < -0.3 is 20.5 Å². The van der Waals surface area contributed by atoms with Crippen molar-refractivity contribution in [1.82, 2.24) is 4.90 Å². The molecule has 5 heteroatoms. The topological polar surface area (TPSA) is 75.8 Å². The van der Waals surface area contributed by atoms with Gasteiger partial charge in [-0.1, -0.05) is 6.92 Å². The normalized spacial score (nSPS) is 21.8. The van der Waals surface area contributed by atoms with E-state index in [9.17, 15) is 4.79 Å². The maximum absolute atomic E-state index is 11.0. The Labute approximate surface area is 103 Å². The molecule has 0 aliphatic carbocycles. The fourth-order valence-corrected chi connectivity index (χ4v) is 2.07. The van der Waals surface area contributed by atoms with Gasteiger partial charge in [-0.3, -0.25) is 4.79 Å². The van der Waals surface area contributed by atoms with Gasteiger partial charge >= 0.3 is 5.97 Å². The maximum Gasteiger partial charge on any atom is 0.323 e. The summed E-state index contributed by atoms with van der Waals surface area (Å²) in [4.78, 5) is 13.4. The highest BCUT2D eigenvalue weighted by atomic mass is 16.5. The van der Waals surface area contributed by atoms with Crippen molar-refractivity contribution in [2.75, 3.05) is 32.8 Å². The fourth-order valence-electron chi connectivity index (χ4n) is 2.07. The van der Waals surface area contributed by atoms with Crippen LogP contribution in [0.4, 0.5) is 0 Å². The summed E-state index contributed by atoms with van der Waals surface area (Å²) in [7, 11) is 0. The minimum absolute atomic E-state index is 0.478. The van der Waals surface area contributed by atoms with Crippen LogP contribution in [-0.4, -0.2) is 54.4 Å². The van der Waals surface area contributed by atoms with Gasteiger partial charge in [-0.05, 0) is 32.2 Å². The Kier molecular flexibility index (Phi) is 5.88. The van der Waals surface area contributed by atoms with Gasteiger partial charge in [-0.15, -0.1) is 0 Å². The van der Waals surface area contributed by atoms with E-state index >= 15 is 0 Å². The van der Waals surface area contributed by atoms with Crippen LogP contribution in [0.5, 0.6) is 0 Å². The predicted octanol–water partition coefficient (Wildman–Crippen LogP) is 0.681. The Morgan fingerprint density at radius 3 is 2.88 bits per heavy atom. The zero-order chi connectivity index (χ0) is 12.7. The average Bonchev–Trinajstić information content (AvgIpc) is 2.57. The van der Waals surface area contributed by atoms with Crippen LogP contribution in [0.1, 0.15) is 32.6 Å². The number of aliphatic carboxylic acids is 1. The predicted molar refractivity (Wildman–Crippen MR) is 66.0 cm³/mol. The van der Waals surface area contributed by atoms with Crippen LogP contribution in [-0.2, 0) is 9.53 Å². The van der Waals surface area contributed by atoms with Crippen molar-refractivity contribution in [1.29, 1.82) is 0 Å². The first-order valence-electron chi connectivity index (χ1n) is 6.41. The molecule has 1 atom stereocenters. The second kappa shape index (κ2) is 6.93. The van der Waals surface area contributed by atoms with E-state index in [1.54, 1.807) is 0 Å². The second-order valence-electron chi connectivity index (χ2n) is 4.73. The molecule has 1 unspecified atom stereocenters. The van der Waals surface area contributed by atoms with E-state index in [-0.39, 0.29) is 0 Å².